The Labute approximate surface area is 172 Å². The number of para-hydroxylation sites is 1. The second-order valence-corrected chi connectivity index (χ2v) is 6.77. The molecule has 0 unspecified atom stereocenters. The Morgan fingerprint density at radius 3 is 2.40 bits per heavy atom. The maximum atomic E-state index is 13.5. The second-order valence-electron chi connectivity index (χ2n) is 6.77. The molecule has 0 aliphatic carbocycles. The van der Waals surface area contributed by atoms with Crippen molar-refractivity contribution < 1.29 is 18.4 Å². The van der Waals surface area contributed by atoms with Crippen LogP contribution in [0.2, 0.25) is 0 Å². The van der Waals surface area contributed by atoms with Crippen LogP contribution in [0.15, 0.2) is 77.2 Å². The standard InChI is InChI=1S/C24H19FN2O3/c1-2-15-10-12-18(13-11-15)26-24(29)22-21(19-8-3-4-9-20(19)30-22)27-23(28)16-6-5-7-17(25)14-16/h3-14H,2H2,1H3,(H,26,29)(H,27,28). The van der Waals surface area contributed by atoms with E-state index in [4.69, 9.17) is 4.42 Å². The Morgan fingerprint density at radius 2 is 1.67 bits per heavy atom. The molecule has 5 nitrogen and oxygen atoms in total. The summed E-state index contributed by atoms with van der Waals surface area (Å²) in [6, 6.07) is 19.8. The van der Waals surface area contributed by atoms with Crippen molar-refractivity contribution in [2.75, 3.05) is 10.6 Å². The number of furan rings is 1. The van der Waals surface area contributed by atoms with Gasteiger partial charge in [0.1, 0.15) is 17.1 Å². The van der Waals surface area contributed by atoms with Gasteiger partial charge in [0.25, 0.3) is 11.8 Å². The predicted molar refractivity (Wildman–Crippen MR) is 114 cm³/mol. The molecule has 0 radical (unpaired) electrons. The zero-order valence-electron chi connectivity index (χ0n) is 16.2. The lowest BCUT2D eigenvalue weighted by atomic mass is 10.1. The molecule has 0 aliphatic heterocycles. The molecule has 1 heterocycles. The van der Waals surface area contributed by atoms with E-state index in [9.17, 15) is 14.0 Å². The first kappa shape index (κ1) is 19.4. The lowest BCUT2D eigenvalue weighted by molar-refractivity contribution is 0.0999. The molecule has 0 bridgehead atoms. The van der Waals surface area contributed by atoms with Gasteiger partial charge in [-0.25, -0.2) is 4.39 Å². The fourth-order valence-electron chi connectivity index (χ4n) is 3.16. The van der Waals surface area contributed by atoms with E-state index < -0.39 is 17.6 Å². The first-order valence-electron chi connectivity index (χ1n) is 9.54. The van der Waals surface area contributed by atoms with Crippen LogP contribution in [-0.4, -0.2) is 11.8 Å². The molecule has 0 fully saturated rings. The molecule has 0 spiro atoms. The van der Waals surface area contributed by atoms with Crippen molar-refractivity contribution in [3.8, 4) is 0 Å². The number of carbonyl (C=O) groups excluding carboxylic acids is 2. The van der Waals surface area contributed by atoms with E-state index in [0.717, 1.165) is 18.1 Å². The van der Waals surface area contributed by atoms with Gasteiger partial charge in [0.05, 0.1) is 0 Å². The first-order chi connectivity index (χ1) is 14.5. The maximum absolute atomic E-state index is 13.5. The molecule has 2 amide bonds. The SMILES string of the molecule is CCc1ccc(NC(=O)c2oc3ccccc3c2NC(=O)c2cccc(F)c2)cc1. The third-order valence-electron chi connectivity index (χ3n) is 4.75. The van der Waals surface area contributed by atoms with E-state index in [-0.39, 0.29) is 17.0 Å². The monoisotopic (exact) mass is 402 g/mol. The highest BCUT2D eigenvalue weighted by Crippen LogP contribution is 2.32. The average Bonchev–Trinajstić information content (AvgIpc) is 3.13. The number of fused-ring (bicyclic) bond motifs is 1. The highest BCUT2D eigenvalue weighted by atomic mass is 19.1. The third-order valence-corrected chi connectivity index (χ3v) is 4.75. The van der Waals surface area contributed by atoms with Crippen molar-refractivity contribution in [3.05, 3.63) is 95.5 Å². The van der Waals surface area contributed by atoms with Crippen molar-refractivity contribution in [3.63, 3.8) is 0 Å². The first-order valence-corrected chi connectivity index (χ1v) is 9.54. The number of hydrogen-bond acceptors (Lipinski definition) is 3. The fraction of sp³-hybridized carbons (Fsp3) is 0.0833. The minimum Gasteiger partial charge on any atom is -0.449 e. The van der Waals surface area contributed by atoms with Crippen molar-refractivity contribution >= 4 is 34.2 Å². The van der Waals surface area contributed by atoms with Crippen molar-refractivity contribution in [1.29, 1.82) is 0 Å². The van der Waals surface area contributed by atoms with Crippen LogP contribution in [0.3, 0.4) is 0 Å². The summed E-state index contributed by atoms with van der Waals surface area (Å²) in [5, 5.41) is 6.07. The maximum Gasteiger partial charge on any atom is 0.293 e. The largest absolute Gasteiger partial charge is 0.449 e. The van der Waals surface area contributed by atoms with Gasteiger partial charge in [0.15, 0.2) is 0 Å². The smallest absolute Gasteiger partial charge is 0.293 e. The van der Waals surface area contributed by atoms with E-state index >= 15 is 0 Å². The Balaban J connectivity index is 1.67. The van der Waals surface area contributed by atoms with Crippen LogP contribution in [0.25, 0.3) is 11.0 Å². The number of halogens is 1. The van der Waals surface area contributed by atoms with Crippen LogP contribution >= 0.6 is 0 Å². The average molecular weight is 402 g/mol. The van der Waals surface area contributed by atoms with Crippen LogP contribution in [0.1, 0.15) is 33.4 Å². The number of nitrogens with one attached hydrogen (secondary N) is 2. The molecule has 30 heavy (non-hydrogen) atoms. The summed E-state index contributed by atoms with van der Waals surface area (Å²) in [7, 11) is 0. The number of aryl methyl sites for hydroxylation is 1. The number of rotatable bonds is 5. The quantitative estimate of drug-likeness (QED) is 0.454. The van der Waals surface area contributed by atoms with E-state index in [1.807, 2.05) is 24.3 Å². The van der Waals surface area contributed by atoms with Gasteiger partial charge in [-0.3, -0.25) is 9.59 Å². The molecule has 0 saturated carbocycles. The summed E-state index contributed by atoms with van der Waals surface area (Å²) in [6.45, 7) is 2.05. The molecule has 0 atom stereocenters. The Hall–Kier alpha value is -3.93. The van der Waals surface area contributed by atoms with Crippen molar-refractivity contribution in [2.24, 2.45) is 0 Å². The third kappa shape index (κ3) is 3.93. The van der Waals surface area contributed by atoms with Crippen LogP contribution in [0.4, 0.5) is 15.8 Å². The summed E-state index contributed by atoms with van der Waals surface area (Å²) in [4.78, 5) is 25.6. The van der Waals surface area contributed by atoms with Crippen molar-refractivity contribution in [1.82, 2.24) is 0 Å². The highest BCUT2D eigenvalue weighted by molar-refractivity contribution is 6.16. The Morgan fingerprint density at radius 1 is 0.900 bits per heavy atom. The van der Waals surface area contributed by atoms with Crippen LogP contribution in [0, 0.1) is 5.82 Å². The molecular weight excluding hydrogens is 383 g/mol. The van der Waals surface area contributed by atoms with Gasteiger partial charge in [0.2, 0.25) is 5.76 Å². The minimum atomic E-state index is -0.539. The summed E-state index contributed by atoms with van der Waals surface area (Å²) < 4.78 is 19.2. The van der Waals surface area contributed by atoms with Gasteiger partial charge >= 0.3 is 0 Å². The number of anilines is 2. The van der Waals surface area contributed by atoms with Gasteiger partial charge in [-0.15, -0.1) is 0 Å². The van der Waals surface area contributed by atoms with E-state index in [1.165, 1.54) is 18.2 Å². The number of carbonyl (C=O) groups is 2. The molecule has 4 aromatic rings. The molecule has 150 valence electrons. The molecule has 1 aromatic heterocycles. The van der Waals surface area contributed by atoms with E-state index in [1.54, 1.807) is 24.3 Å². The van der Waals surface area contributed by atoms with Crippen molar-refractivity contribution in [2.45, 2.75) is 13.3 Å². The zero-order valence-corrected chi connectivity index (χ0v) is 16.2. The summed E-state index contributed by atoms with van der Waals surface area (Å²) >= 11 is 0. The van der Waals surface area contributed by atoms with Crippen LogP contribution in [-0.2, 0) is 6.42 Å². The zero-order chi connectivity index (χ0) is 21.1. The molecule has 0 saturated heterocycles. The molecule has 0 aliphatic rings. The lowest BCUT2D eigenvalue weighted by Crippen LogP contribution is -2.17. The van der Waals surface area contributed by atoms with Gasteiger partial charge in [-0.05, 0) is 54.4 Å². The normalized spacial score (nSPS) is 10.7. The van der Waals surface area contributed by atoms with Gasteiger partial charge in [-0.1, -0.05) is 37.3 Å². The topological polar surface area (TPSA) is 71.3 Å². The van der Waals surface area contributed by atoms with Crippen LogP contribution < -0.4 is 10.6 Å². The lowest BCUT2D eigenvalue weighted by Gasteiger charge is -2.08. The summed E-state index contributed by atoms with van der Waals surface area (Å²) in [5.41, 5.74) is 2.60. The second kappa shape index (κ2) is 8.21. The number of amides is 2. The molecule has 4 rings (SSSR count). The van der Waals surface area contributed by atoms with E-state index in [2.05, 4.69) is 17.6 Å². The summed E-state index contributed by atoms with van der Waals surface area (Å²) in [5.74, 6) is -1.58. The van der Waals surface area contributed by atoms with Gasteiger partial charge < -0.3 is 15.1 Å². The fourth-order valence-corrected chi connectivity index (χ4v) is 3.16. The van der Waals surface area contributed by atoms with Gasteiger partial charge in [-0.2, -0.15) is 0 Å². The molecule has 6 heteroatoms. The minimum absolute atomic E-state index is 0.0273. The Kier molecular flexibility index (Phi) is 5.30. The van der Waals surface area contributed by atoms with E-state index in [0.29, 0.717) is 16.7 Å². The van der Waals surface area contributed by atoms with Crippen LogP contribution in [0.5, 0.6) is 0 Å². The highest BCUT2D eigenvalue weighted by Gasteiger charge is 2.23. The predicted octanol–water partition coefficient (Wildman–Crippen LogP) is 5.64. The van der Waals surface area contributed by atoms with Gasteiger partial charge in [0, 0.05) is 16.6 Å². The number of hydrogen-bond donors (Lipinski definition) is 2. The molecule has 3 aromatic carbocycles. The Bertz CT molecular complexity index is 1230. The molecular formula is C24H19FN2O3. The molecule has 2 N–H and O–H groups in total. The summed E-state index contributed by atoms with van der Waals surface area (Å²) in [6.07, 6.45) is 0.897. The number of benzene rings is 3.